The van der Waals surface area contributed by atoms with Crippen LogP contribution in [0, 0.1) is 0 Å². The molecular weight excluding hydrogens is 264 g/mol. The Kier molecular flexibility index (Phi) is 2.94. The van der Waals surface area contributed by atoms with Crippen molar-refractivity contribution in [3.05, 3.63) is 46.4 Å². The SMILES string of the molecule is NNc1snnc1Cn1ncc(=O)c2ccccc21. The van der Waals surface area contributed by atoms with Crippen LogP contribution in [0.2, 0.25) is 0 Å². The molecule has 96 valence electrons. The number of hydrogen-bond acceptors (Lipinski definition) is 7. The Morgan fingerprint density at radius 1 is 1.37 bits per heavy atom. The summed E-state index contributed by atoms with van der Waals surface area (Å²) >= 11 is 1.18. The van der Waals surface area contributed by atoms with Crippen LogP contribution in [-0.4, -0.2) is 19.4 Å². The first kappa shape index (κ1) is 11.8. The van der Waals surface area contributed by atoms with E-state index in [-0.39, 0.29) is 5.43 Å². The maximum atomic E-state index is 11.7. The first-order valence-corrected chi connectivity index (χ1v) is 6.29. The number of anilines is 1. The van der Waals surface area contributed by atoms with Gasteiger partial charge in [0.2, 0.25) is 5.43 Å². The number of hydrazine groups is 1. The molecule has 3 rings (SSSR count). The van der Waals surface area contributed by atoms with Crippen LogP contribution in [0.25, 0.3) is 10.9 Å². The lowest BCUT2D eigenvalue weighted by atomic mass is 10.2. The summed E-state index contributed by atoms with van der Waals surface area (Å²) in [5, 5.41) is 9.44. The molecular formula is C11H10N6OS. The largest absolute Gasteiger partial charge is 0.313 e. The van der Waals surface area contributed by atoms with Crippen molar-refractivity contribution < 1.29 is 0 Å². The number of fused-ring (bicyclic) bond motifs is 1. The Bertz CT molecular complexity index is 780. The molecule has 0 spiro atoms. The topological polar surface area (TPSA) is 98.7 Å². The summed E-state index contributed by atoms with van der Waals surface area (Å²) < 4.78 is 5.54. The summed E-state index contributed by atoms with van der Waals surface area (Å²) in [5.41, 5.74) is 3.89. The second-order valence-electron chi connectivity index (χ2n) is 3.88. The van der Waals surface area contributed by atoms with E-state index in [9.17, 15) is 4.79 Å². The lowest BCUT2D eigenvalue weighted by molar-refractivity contribution is 0.679. The first-order chi connectivity index (χ1) is 9.29. The summed E-state index contributed by atoms with van der Waals surface area (Å²) in [7, 11) is 0. The molecule has 0 atom stereocenters. The standard InChI is InChI=1S/C11H10N6OS/c12-14-11-8(15-16-19-11)6-17-9-4-2-1-3-7(9)10(18)5-13-17/h1-5,14H,6,12H2. The quantitative estimate of drug-likeness (QED) is 0.535. The molecule has 3 aromatic rings. The number of nitrogens with two attached hydrogens (primary N) is 1. The summed E-state index contributed by atoms with van der Waals surface area (Å²) in [6.45, 7) is 0.400. The summed E-state index contributed by atoms with van der Waals surface area (Å²) in [4.78, 5) is 11.7. The van der Waals surface area contributed by atoms with E-state index >= 15 is 0 Å². The van der Waals surface area contributed by atoms with Gasteiger partial charge in [0.05, 0.1) is 18.3 Å². The smallest absolute Gasteiger partial charge is 0.207 e. The van der Waals surface area contributed by atoms with Crippen molar-refractivity contribution in [2.24, 2.45) is 5.84 Å². The highest BCUT2D eigenvalue weighted by Crippen LogP contribution is 2.18. The maximum Gasteiger partial charge on any atom is 0.207 e. The molecule has 0 saturated heterocycles. The predicted octanol–water partition coefficient (Wildman–Crippen LogP) is 0.582. The number of benzene rings is 1. The van der Waals surface area contributed by atoms with Crippen LogP contribution in [0.15, 0.2) is 35.3 Å². The van der Waals surface area contributed by atoms with E-state index in [2.05, 4.69) is 20.1 Å². The van der Waals surface area contributed by atoms with Crippen LogP contribution in [0.3, 0.4) is 0 Å². The number of rotatable bonds is 3. The number of nitrogen functional groups attached to an aromatic ring is 1. The minimum absolute atomic E-state index is 0.0968. The van der Waals surface area contributed by atoms with Crippen molar-refractivity contribution in [1.29, 1.82) is 0 Å². The lowest BCUT2D eigenvalue weighted by Gasteiger charge is -2.08. The molecule has 8 heteroatoms. The number of nitrogens with zero attached hydrogens (tertiary/aromatic N) is 4. The summed E-state index contributed by atoms with van der Waals surface area (Å²) in [6.07, 6.45) is 1.30. The zero-order chi connectivity index (χ0) is 13.2. The molecule has 7 nitrogen and oxygen atoms in total. The van der Waals surface area contributed by atoms with E-state index in [1.807, 2.05) is 18.2 Å². The minimum atomic E-state index is -0.0968. The van der Waals surface area contributed by atoms with Gasteiger partial charge in [-0.05, 0) is 12.1 Å². The van der Waals surface area contributed by atoms with Crippen molar-refractivity contribution in [3.63, 3.8) is 0 Å². The van der Waals surface area contributed by atoms with Crippen LogP contribution < -0.4 is 16.7 Å². The molecule has 0 radical (unpaired) electrons. The van der Waals surface area contributed by atoms with Gasteiger partial charge < -0.3 is 5.43 Å². The third-order valence-electron chi connectivity index (χ3n) is 2.75. The number of para-hydroxylation sites is 1. The third-order valence-corrected chi connectivity index (χ3v) is 3.45. The Hall–Kier alpha value is -2.32. The van der Waals surface area contributed by atoms with Gasteiger partial charge in [-0.15, -0.1) is 5.10 Å². The molecule has 0 aliphatic heterocycles. The molecule has 0 fully saturated rings. The van der Waals surface area contributed by atoms with Gasteiger partial charge in [-0.3, -0.25) is 9.48 Å². The van der Waals surface area contributed by atoms with Crippen LogP contribution in [0.1, 0.15) is 5.69 Å². The Balaban J connectivity index is 2.11. The second kappa shape index (κ2) is 4.75. The molecule has 2 heterocycles. The van der Waals surface area contributed by atoms with Crippen LogP contribution in [0.4, 0.5) is 5.00 Å². The van der Waals surface area contributed by atoms with Crippen molar-refractivity contribution in [2.75, 3.05) is 5.43 Å². The van der Waals surface area contributed by atoms with Crippen molar-refractivity contribution in [1.82, 2.24) is 19.4 Å². The normalized spacial score (nSPS) is 10.8. The van der Waals surface area contributed by atoms with Gasteiger partial charge in [-0.25, -0.2) is 5.84 Å². The third kappa shape index (κ3) is 2.07. The van der Waals surface area contributed by atoms with E-state index in [1.54, 1.807) is 10.7 Å². The molecule has 0 unspecified atom stereocenters. The van der Waals surface area contributed by atoms with Crippen molar-refractivity contribution >= 4 is 27.4 Å². The summed E-state index contributed by atoms with van der Waals surface area (Å²) in [5.74, 6) is 5.39. The van der Waals surface area contributed by atoms with E-state index in [1.165, 1.54) is 17.7 Å². The van der Waals surface area contributed by atoms with Gasteiger partial charge in [-0.1, -0.05) is 16.6 Å². The molecule has 1 aromatic carbocycles. The van der Waals surface area contributed by atoms with E-state index in [0.717, 1.165) is 5.52 Å². The van der Waals surface area contributed by atoms with Gasteiger partial charge >= 0.3 is 0 Å². The van der Waals surface area contributed by atoms with Crippen LogP contribution in [-0.2, 0) is 6.54 Å². The maximum absolute atomic E-state index is 11.7. The van der Waals surface area contributed by atoms with Gasteiger partial charge in [0, 0.05) is 16.9 Å². The van der Waals surface area contributed by atoms with Gasteiger partial charge in [-0.2, -0.15) is 5.10 Å². The predicted molar refractivity (Wildman–Crippen MR) is 72.8 cm³/mol. The molecule has 2 aromatic heterocycles. The second-order valence-corrected chi connectivity index (χ2v) is 4.63. The lowest BCUT2D eigenvalue weighted by Crippen LogP contribution is -2.15. The zero-order valence-corrected chi connectivity index (χ0v) is 10.6. The average molecular weight is 274 g/mol. The highest BCUT2D eigenvalue weighted by atomic mass is 32.1. The van der Waals surface area contributed by atoms with E-state index in [4.69, 9.17) is 5.84 Å². The van der Waals surface area contributed by atoms with Crippen molar-refractivity contribution in [2.45, 2.75) is 6.54 Å². The highest BCUT2D eigenvalue weighted by molar-refractivity contribution is 7.10. The number of hydrogen-bond donors (Lipinski definition) is 2. The van der Waals surface area contributed by atoms with E-state index < -0.39 is 0 Å². The molecule has 19 heavy (non-hydrogen) atoms. The van der Waals surface area contributed by atoms with Gasteiger partial charge in [0.25, 0.3) is 0 Å². The fraction of sp³-hybridized carbons (Fsp3) is 0.0909. The number of aromatic nitrogens is 4. The molecule has 3 N–H and O–H groups in total. The highest BCUT2D eigenvalue weighted by Gasteiger charge is 2.10. The number of nitrogens with one attached hydrogen (secondary N) is 1. The average Bonchev–Trinajstić information content (AvgIpc) is 2.89. The van der Waals surface area contributed by atoms with Crippen LogP contribution >= 0.6 is 11.5 Å². The first-order valence-electron chi connectivity index (χ1n) is 5.52. The molecule has 0 bridgehead atoms. The van der Waals surface area contributed by atoms with Gasteiger partial charge in [0.1, 0.15) is 10.7 Å². The molecule has 0 aliphatic carbocycles. The molecule has 0 amide bonds. The minimum Gasteiger partial charge on any atom is -0.313 e. The fourth-order valence-corrected chi connectivity index (χ4v) is 2.33. The fourth-order valence-electron chi connectivity index (χ4n) is 1.85. The Morgan fingerprint density at radius 3 is 3.05 bits per heavy atom. The Labute approximate surface area is 111 Å². The summed E-state index contributed by atoms with van der Waals surface area (Å²) in [6, 6.07) is 7.31. The monoisotopic (exact) mass is 274 g/mol. The molecule has 0 aliphatic rings. The van der Waals surface area contributed by atoms with Gasteiger partial charge in [0.15, 0.2) is 0 Å². The van der Waals surface area contributed by atoms with E-state index in [0.29, 0.717) is 22.6 Å². The van der Waals surface area contributed by atoms with Crippen LogP contribution in [0.5, 0.6) is 0 Å². The zero-order valence-electron chi connectivity index (χ0n) is 9.78. The Morgan fingerprint density at radius 2 is 2.21 bits per heavy atom. The van der Waals surface area contributed by atoms with Crippen molar-refractivity contribution in [3.8, 4) is 0 Å². The molecule has 0 saturated carbocycles.